The summed E-state index contributed by atoms with van der Waals surface area (Å²) in [7, 11) is 3.00. The van der Waals surface area contributed by atoms with E-state index < -0.39 is 11.9 Å². The van der Waals surface area contributed by atoms with Gasteiger partial charge in [0.1, 0.15) is 0 Å². The van der Waals surface area contributed by atoms with Crippen LogP contribution < -0.4 is 25.6 Å². The molecule has 0 aromatic heterocycles. The van der Waals surface area contributed by atoms with Gasteiger partial charge in [-0.25, -0.2) is 10.2 Å². The Morgan fingerprint density at radius 3 is 2.22 bits per heavy atom. The van der Waals surface area contributed by atoms with Crippen molar-refractivity contribution in [2.24, 2.45) is 0 Å². The van der Waals surface area contributed by atoms with Crippen molar-refractivity contribution in [3.05, 3.63) is 59.2 Å². The molecule has 0 saturated heterocycles. The number of carbonyl (C=O) groups excluding carboxylic acids is 2. The van der Waals surface area contributed by atoms with Gasteiger partial charge < -0.3 is 14.8 Å². The highest BCUT2D eigenvalue weighted by Gasteiger charge is 2.14. The van der Waals surface area contributed by atoms with E-state index in [0.717, 1.165) is 17.5 Å². The molecule has 7 heteroatoms. The molecule has 0 spiro atoms. The molecule has 1 atom stereocenters. The fourth-order valence-corrected chi connectivity index (χ4v) is 2.58. The highest BCUT2D eigenvalue weighted by Crippen LogP contribution is 2.27. The van der Waals surface area contributed by atoms with Gasteiger partial charge in [0, 0.05) is 5.56 Å². The molecule has 0 aliphatic carbocycles. The van der Waals surface area contributed by atoms with E-state index >= 15 is 0 Å². The third kappa shape index (κ3) is 5.37. The molecule has 0 heterocycles. The second-order valence-electron chi connectivity index (χ2n) is 5.99. The third-order valence-electron chi connectivity index (χ3n) is 4.13. The molecule has 2 aromatic carbocycles. The number of methoxy groups -OCH3 is 2. The molecule has 0 aliphatic rings. The van der Waals surface area contributed by atoms with Gasteiger partial charge in [0.15, 0.2) is 11.5 Å². The van der Waals surface area contributed by atoms with E-state index in [0.29, 0.717) is 17.1 Å². The molecule has 0 bridgehead atoms. The van der Waals surface area contributed by atoms with Gasteiger partial charge in [-0.3, -0.25) is 10.2 Å². The minimum absolute atomic E-state index is 0.149. The largest absolute Gasteiger partial charge is 0.493 e. The number of amides is 3. The molecule has 0 unspecified atom stereocenters. The van der Waals surface area contributed by atoms with Crippen LogP contribution in [0.15, 0.2) is 42.5 Å². The van der Waals surface area contributed by atoms with E-state index in [1.54, 1.807) is 12.1 Å². The molecule has 0 fully saturated rings. The van der Waals surface area contributed by atoms with E-state index in [9.17, 15) is 9.59 Å². The van der Waals surface area contributed by atoms with Crippen LogP contribution in [0.5, 0.6) is 11.5 Å². The number of hydrazine groups is 1. The average molecular weight is 371 g/mol. The first-order chi connectivity index (χ1) is 13.0. The van der Waals surface area contributed by atoms with Gasteiger partial charge in [0.25, 0.3) is 5.91 Å². The summed E-state index contributed by atoms with van der Waals surface area (Å²) in [5.41, 5.74) is 7.24. The Bertz CT molecular complexity index is 790. The van der Waals surface area contributed by atoms with Crippen molar-refractivity contribution in [3.63, 3.8) is 0 Å². The normalized spacial score (nSPS) is 11.3. The summed E-state index contributed by atoms with van der Waals surface area (Å²) in [4.78, 5) is 24.4. The van der Waals surface area contributed by atoms with E-state index in [-0.39, 0.29) is 6.04 Å². The van der Waals surface area contributed by atoms with Gasteiger partial charge in [0.2, 0.25) is 0 Å². The molecule has 3 amide bonds. The second kappa shape index (κ2) is 9.47. The predicted octanol–water partition coefficient (Wildman–Crippen LogP) is 3.11. The van der Waals surface area contributed by atoms with Gasteiger partial charge in [-0.05, 0) is 37.1 Å². The molecule has 27 heavy (non-hydrogen) atoms. The first kappa shape index (κ1) is 20.1. The molecule has 7 nitrogen and oxygen atoms in total. The van der Waals surface area contributed by atoms with E-state index in [2.05, 4.69) is 16.2 Å². The van der Waals surface area contributed by atoms with Crippen LogP contribution in [-0.4, -0.2) is 26.2 Å². The maximum absolute atomic E-state index is 12.2. The number of urea groups is 1. The van der Waals surface area contributed by atoms with Crippen molar-refractivity contribution >= 4 is 11.9 Å². The molecule has 0 radical (unpaired) electrons. The summed E-state index contributed by atoms with van der Waals surface area (Å²) in [6.45, 7) is 3.99. The number of nitrogens with one attached hydrogen (secondary N) is 3. The van der Waals surface area contributed by atoms with E-state index in [4.69, 9.17) is 9.47 Å². The van der Waals surface area contributed by atoms with Crippen LogP contribution in [0, 0.1) is 6.92 Å². The van der Waals surface area contributed by atoms with Gasteiger partial charge in [-0.2, -0.15) is 0 Å². The van der Waals surface area contributed by atoms with Gasteiger partial charge >= 0.3 is 6.03 Å². The lowest BCUT2D eigenvalue weighted by atomic mass is 10.0. The summed E-state index contributed by atoms with van der Waals surface area (Å²) in [6, 6.07) is 12.1. The summed E-state index contributed by atoms with van der Waals surface area (Å²) in [5, 5.41) is 2.84. The molecule has 3 N–H and O–H groups in total. The van der Waals surface area contributed by atoms with Crippen LogP contribution in [0.2, 0.25) is 0 Å². The van der Waals surface area contributed by atoms with Crippen molar-refractivity contribution in [2.45, 2.75) is 26.3 Å². The highest BCUT2D eigenvalue weighted by molar-refractivity contribution is 5.95. The Balaban J connectivity index is 1.94. The Hall–Kier alpha value is -3.22. The molecule has 144 valence electrons. The minimum Gasteiger partial charge on any atom is -0.493 e. The van der Waals surface area contributed by atoms with Crippen LogP contribution >= 0.6 is 0 Å². The van der Waals surface area contributed by atoms with Crippen molar-refractivity contribution in [1.29, 1.82) is 0 Å². The van der Waals surface area contributed by atoms with Crippen molar-refractivity contribution < 1.29 is 19.1 Å². The first-order valence-electron chi connectivity index (χ1n) is 8.64. The summed E-state index contributed by atoms with van der Waals surface area (Å²) >= 11 is 0. The lowest BCUT2D eigenvalue weighted by Gasteiger charge is -2.18. The van der Waals surface area contributed by atoms with Crippen molar-refractivity contribution in [2.75, 3.05) is 14.2 Å². The standard InChI is InChI=1S/C20H25N3O4/c1-5-16(14-8-6-13(2)7-9-14)21-20(25)23-22-19(24)15-10-11-17(26-3)18(12-15)27-4/h6-12,16H,5H2,1-4H3,(H,22,24)(H2,21,23,25)/t16-/m0/s1. The fraction of sp³-hybridized carbons (Fsp3) is 0.300. The minimum atomic E-state index is -0.490. The lowest BCUT2D eigenvalue weighted by molar-refractivity contribution is 0.0935. The average Bonchev–Trinajstić information content (AvgIpc) is 2.70. The first-order valence-corrected chi connectivity index (χ1v) is 8.64. The van der Waals surface area contributed by atoms with Crippen LogP contribution in [-0.2, 0) is 0 Å². The third-order valence-corrected chi connectivity index (χ3v) is 4.13. The maximum atomic E-state index is 12.2. The maximum Gasteiger partial charge on any atom is 0.333 e. The zero-order valence-electron chi connectivity index (χ0n) is 16.0. The Morgan fingerprint density at radius 1 is 0.963 bits per heavy atom. The Labute approximate surface area is 159 Å². The predicted molar refractivity (Wildman–Crippen MR) is 103 cm³/mol. The van der Waals surface area contributed by atoms with Crippen LogP contribution in [0.4, 0.5) is 4.79 Å². The fourth-order valence-electron chi connectivity index (χ4n) is 2.58. The molecule has 2 rings (SSSR count). The van der Waals surface area contributed by atoms with Crippen LogP contribution in [0.1, 0.15) is 40.9 Å². The number of hydrogen-bond donors (Lipinski definition) is 3. The van der Waals surface area contributed by atoms with Gasteiger partial charge in [-0.1, -0.05) is 36.8 Å². The van der Waals surface area contributed by atoms with E-state index in [1.165, 1.54) is 20.3 Å². The van der Waals surface area contributed by atoms with Crippen LogP contribution in [0.3, 0.4) is 0 Å². The summed E-state index contributed by atoms with van der Waals surface area (Å²) in [5.74, 6) is 0.484. The van der Waals surface area contributed by atoms with Crippen molar-refractivity contribution in [3.8, 4) is 11.5 Å². The number of ether oxygens (including phenoxy) is 2. The van der Waals surface area contributed by atoms with Gasteiger partial charge in [0.05, 0.1) is 20.3 Å². The Morgan fingerprint density at radius 2 is 1.63 bits per heavy atom. The molecule has 0 saturated carbocycles. The quantitative estimate of drug-likeness (QED) is 0.681. The number of benzene rings is 2. The number of rotatable bonds is 6. The van der Waals surface area contributed by atoms with E-state index in [1.807, 2.05) is 38.1 Å². The van der Waals surface area contributed by atoms with Gasteiger partial charge in [-0.15, -0.1) is 0 Å². The molecule has 2 aromatic rings. The topological polar surface area (TPSA) is 88.7 Å². The highest BCUT2D eigenvalue weighted by atomic mass is 16.5. The smallest absolute Gasteiger partial charge is 0.333 e. The molecular formula is C20H25N3O4. The Kier molecular flexibility index (Phi) is 7.05. The summed E-state index contributed by atoms with van der Waals surface area (Å²) in [6.07, 6.45) is 0.722. The van der Waals surface area contributed by atoms with Crippen LogP contribution in [0.25, 0.3) is 0 Å². The summed E-state index contributed by atoms with van der Waals surface area (Å²) < 4.78 is 10.3. The zero-order valence-corrected chi connectivity index (χ0v) is 16.0. The van der Waals surface area contributed by atoms with Crippen molar-refractivity contribution in [1.82, 2.24) is 16.2 Å². The zero-order chi connectivity index (χ0) is 19.8. The SMILES string of the molecule is CC[C@H](NC(=O)NNC(=O)c1ccc(OC)c(OC)c1)c1ccc(C)cc1. The second-order valence-corrected chi connectivity index (χ2v) is 5.99. The number of hydrogen-bond acceptors (Lipinski definition) is 4. The lowest BCUT2D eigenvalue weighted by Crippen LogP contribution is -2.47. The number of aryl methyl sites for hydroxylation is 1. The monoisotopic (exact) mass is 371 g/mol. The molecular weight excluding hydrogens is 346 g/mol. The molecule has 0 aliphatic heterocycles. The number of carbonyl (C=O) groups is 2.